The topological polar surface area (TPSA) is 39.2 Å². The molecule has 0 aliphatic heterocycles. The zero-order valence-electron chi connectivity index (χ0n) is 11.3. The van der Waals surface area contributed by atoms with Gasteiger partial charge in [0.15, 0.2) is 0 Å². The van der Waals surface area contributed by atoms with Crippen LogP contribution >= 0.6 is 11.6 Å². The van der Waals surface area contributed by atoms with Crippen molar-refractivity contribution in [2.75, 3.05) is 7.11 Å². The fourth-order valence-electron chi connectivity index (χ4n) is 2.24. The largest absolute Gasteiger partial charge is 0.496 e. The van der Waals surface area contributed by atoms with Crippen LogP contribution in [0.15, 0.2) is 54.6 Å². The number of fused-ring (bicyclic) bond motifs is 1. The van der Waals surface area contributed by atoms with Crippen molar-refractivity contribution in [3.05, 3.63) is 60.2 Å². The molecule has 0 radical (unpaired) electrons. The number of halogens is 1. The summed E-state index contributed by atoms with van der Waals surface area (Å²) < 4.78 is 5.43. The molecular weight excluding hydrogens is 286 g/mol. The zero-order valence-corrected chi connectivity index (χ0v) is 12.1. The Hall–Kier alpha value is -2.39. The van der Waals surface area contributed by atoms with Crippen LogP contribution in [-0.2, 0) is 0 Å². The summed E-state index contributed by atoms with van der Waals surface area (Å²) in [6, 6.07) is 16.8. The van der Waals surface area contributed by atoms with Crippen LogP contribution < -0.4 is 4.74 Å². The molecule has 0 saturated heterocycles. The molecule has 1 aromatic heterocycles. The smallest absolute Gasteiger partial charge is 0.252 e. The van der Waals surface area contributed by atoms with E-state index in [0.717, 1.165) is 16.6 Å². The first-order valence-corrected chi connectivity index (χ1v) is 6.81. The second kappa shape index (κ2) is 5.54. The zero-order chi connectivity index (χ0) is 14.8. The highest BCUT2D eigenvalue weighted by Gasteiger charge is 2.10. The van der Waals surface area contributed by atoms with E-state index in [0.29, 0.717) is 16.8 Å². The highest BCUT2D eigenvalue weighted by molar-refractivity contribution is 6.67. The van der Waals surface area contributed by atoms with Gasteiger partial charge in [-0.1, -0.05) is 30.3 Å². The highest BCUT2D eigenvalue weighted by Crippen LogP contribution is 2.30. The van der Waals surface area contributed by atoms with Crippen LogP contribution in [0.3, 0.4) is 0 Å². The van der Waals surface area contributed by atoms with Crippen LogP contribution in [0.1, 0.15) is 10.4 Å². The Morgan fingerprint density at radius 2 is 1.86 bits per heavy atom. The lowest BCUT2D eigenvalue weighted by Crippen LogP contribution is -1.94. The van der Waals surface area contributed by atoms with E-state index in [1.165, 1.54) is 0 Å². The number of aromatic nitrogens is 1. The average Bonchev–Trinajstić information content (AvgIpc) is 2.54. The van der Waals surface area contributed by atoms with Crippen LogP contribution in [-0.4, -0.2) is 17.3 Å². The molecule has 0 N–H and O–H groups in total. The first-order chi connectivity index (χ1) is 10.2. The van der Waals surface area contributed by atoms with Crippen LogP contribution in [0, 0.1) is 0 Å². The number of nitrogens with zero attached hydrogens (tertiary/aromatic N) is 1. The van der Waals surface area contributed by atoms with Crippen LogP contribution in [0.4, 0.5) is 0 Å². The monoisotopic (exact) mass is 297 g/mol. The van der Waals surface area contributed by atoms with Gasteiger partial charge in [-0.15, -0.1) is 0 Å². The minimum Gasteiger partial charge on any atom is -0.496 e. The molecule has 4 heteroatoms. The van der Waals surface area contributed by atoms with E-state index < -0.39 is 5.24 Å². The Morgan fingerprint density at radius 1 is 1.10 bits per heavy atom. The molecule has 0 unspecified atom stereocenters. The van der Waals surface area contributed by atoms with Gasteiger partial charge in [0.25, 0.3) is 5.24 Å². The molecule has 1 heterocycles. The Labute approximate surface area is 127 Å². The normalized spacial score (nSPS) is 10.6. The molecule has 3 aromatic rings. The van der Waals surface area contributed by atoms with Crippen molar-refractivity contribution in [3.8, 4) is 17.0 Å². The summed E-state index contributed by atoms with van der Waals surface area (Å²) >= 11 is 5.54. The molecule has 0 saturated carbocycles. The third-order valence-corrected chi connectivity index (χ3v) is 3.51. The van der Waals surface area contributed by atoms with Gasteiger partial charge in [-0.2, -0.15) is 0 Å². The minimum absolute atomic E-state index is 0.420. The van der Waals surface area contributed by atoms with Crippen molar-refractivity contribution in [3.63, 3.8) is 0 Å². The number of carbonyl (C=O) groups excluding carboxylic acids is 1. The van der Waals surface area contributed by atoms with Gasteiger partial charge >= 0.3 is 0 Å². The molecule has 104 valence electrons. The van der Waals surface area contributed by atoms with Crippen molar-refractivity contribution < 1.29 is 9.53 Å². The summed E-state index contributed by atoms with van der Waals surface area (Å²) in [5.41, 5.74) is 2.88. The molecule has 3 rings (SSSR count). The van der Waals surface area contributed by atoms with Gasteiger partial charge < -0.3 is 4.74 Å². The van der Waals surface area contributed by atoms with Crippen molar-refractivity contribution in [2.24, 2.45) is 0 Å². The molecule has 2 aromatic carbocycles. The van der Waals surface area contributed by atoms with E-state index in [1.54, 1.807) is 25.3 Å². The standard InChI is InChI=1S/C17H12ClNO2/c1-21-16-10-14(11-5-3-2-4-6-11)19-15-9-12(17(18)20)7-8-13(15)16/h2-10H,1H3. The molecule has 0 amide bonds. The molecule has 0 aliphatic rings. The molecule has 0 atom stereocenters. The van der Waals surface area contributed by atoms with Crippen LogP contribution in [0.25, 0.3) is 22.2 Å². The Bertz CT molecular complexity index is 816. The van der Waals surface area contributed by atoms with Crippen molar-refractivity contribution in [1.29, 1.82) is 0 Å². The van der Waals surface area contributed by atoms with Gasteiger partial charge in [0.05, 0.1) is 18.3 Å². The molecule has 0 spiro atoms. The fourth-order valence-corrected chi connectivity index (χ4v) is 2.36. The Balaban J connectivity index is 2.26. The average molecular weight is 298 g/mol. The van der Waals surface area contributed by atoms with Gasteiger partial charge in [0, 0.05) is 22.6 Å². The lowest BCUT2D eigenvalue weighted by molar-refractivity contribution is 0.108. The second-order valence-corrected chi connectivity index (χ2v) is 4.92. The predicted octanol–water partition coefficient (Wildman–Crippen LogP) is 4.29. The number of rotatable bonds is 3. The number of benzene rings is 2. The third-order valence-electron chi connectivity index (χ3n) is 3.29. The summed E-state index contributed by atoms with van der Waals surface area (Å²) in [5.74, 6) is 0.715. The number of methoxy groups -OCH3 is 1. The van der Waals surface area contributed by atoms with E-state index in [4.69, 9.17) is 16.3 Å². The van der Waals surface area contributed by atoms with E-state index in [1.807, 2.05) is 36.4 Å². The van der Waals surface area contributed by atoms with E-state index in [9.17, 15) is 4.79 Å². The summed E-state index contributed by atoms with van der Waals surface area (Å²) in [6.07, 6.45) is 0. The lowest BCUT2D eigenvalue weighted by atomic mass is 10.1. The quantitative estimate of drug-likeness (QED) is 0.677. The Kier molecular flexibility index (Phi) is 3.59. The lowest BCUT2D eigenvalue weighted by Gasteiger charge is -2.09. The molecular formula is C17H12ClNO2. The second-order valence-electron chi connectivity index (χ2n) is 4.58. The van der Waals surface area contributed by atoms with Gasteiger partial charge in [0.1, 0.15) is 5.75 Å². The Morgan fingerprint density at radius 3 is 2.52 bits per heavy atom. The number of hydrogen-bond acceptors (Lipinski definition) is 3. The number of pyridine rings is 1. The van der Waals surface area contributed by atoms with Crippen molar-refractivity contribution in [1.82, 2.24) is 4.98 Å². The highest BCUT2D eigenvalue weighted by atomic mass is 35.5. The fraction of sp³-hybridized carbons (Fsp3) is 0.0588. The van der Waals surface area contributed by atoms with E-state index in [2.05, 4.69) is 4.98 Å². The minimum atomic E-state index is -0.497. The van der Waals surface area contributed by atoms with Gasteiger partial charge in [-0.25, -0.2) is 4.98 Å². The van der Waals surface area contributed by atoms with Crippen molar-refractivity contribution >= 4 is 27.7 Å². The molecule has 0 aliphatic carbocycles. The van der Waals surface area contributed by atoms with Gasteiger partial charge in [-0.05, 0) is 29.8 Å². The predicted molar refractivity (Wildman–Crippen MR) is 83.9 cm³/mol. The van der Waals surface area contributed by atoms with Crippen LogP contribution in [0.2, 0.25) is 0 Å². The molecule has 0 bridgehead atoms. The summed E-state index contributed by atoms with van der Waals surface area (Å²) in [5, 5.41) is 0.349. The van der Waals surface area contributed by atoms with E-state index >= 15 is 0 Å². The number of carbonyl (C=O) groups is 1. The maximum atomic E-state index is 11.3. The SMILES string of the molecule is COc1cc(-c2ccccc2)nc2cc(C(=O)Cl)ccc12. The summed E-state index contributed by atoms with van der Waals surface area (Å²) in [4.78, 5) is 15.9. The molecule has 21 heavy (non-hydrogen) atoms. The summed E-state index contributed by atoms with van der Waals surface area (Å²) in [7, 11) is 1.62. The first kappa shape index (κ1) is 13.6. The third kappa shape index (κ3) is 2.60. The van der Waals surface area contributed by atoms with Crippen molar-refractivity contribution in [2.45, 2.75) is 0 Å². The van der Waals surface area contributed by atoms with E-state index in [-0.39, 0.29) is 0 Å². The van der Waals surface area contributed by atoms with Crippen LogP contribution in [0.5, 0.6) is 5.75 Å². The number of ether oxygens (including phenoxy) is 1. The van der Waals surface area contributed by atoms with Gasteiger partial charge in [-0.3, -0.25) is 4.79 Å². The first-order valence-electron chi connectivity index (χ1n) is 6.43. The number of hydrogen-bond donors (Lipinski definition) is 0. The van der Waals surface area contributed by atoms with Gasteiger partial charge in [0.2, 0.25) is 0 Å². The maximum absolute atomic E-state index is 11.3. The molecule has 3 nitrogen and oxygen atoms in total. The maximum Gasteiger partial charge on any atom is 0.252 e. The summed E-state index contributed by atoms with van der Waals surface area (Å²) in [6.45, 7) is 0. The molecule has 0 fully saturated rings.